The summed E-state index contributed by atoms with van der Waals surface area (Å²) in [5, 5.41) is 2.98. The highest BCUT2D eigenvalue weighted by Crippen LogP contribution is 2.06. The number of hydrogen-bond acceptors (Lipinski definition) is 3. The lowest BCUT2D eigenvalue weighted by Gasteiger charge is -2.11. The van der Waals surface area contributed by atoms with Crippen LogP contribution in [0, 0.1) is 5.82 Å². The largest absolute Gasteiger partial charge is 0.361 e. The molecular formula is C14H16FN3O. The average molecular weight is 261 g/mol. The molecule has 1 aromatic carbocycles. The summed E-state index contributed by atoms with van der Waals surface area (Å²) in [7, 11) is 0. The molecule has 2 rings (SSSR count). The maximum atomic E-state index is 12.8. The van der Waals surface area contributed by atoms with Gasteiger partial charge in [-0.05, 0) is 31.5 Å². The van der Waals surface area contributed by atoms with E-state index in [0.717, 1.165) is 5.56 Å². The van der Waals surface area contributed by atoms with Gasteiger partial charge in [0.2, 0.25) is 0 Å². The number of nitrogens with one attached hydrogen (secondary N) is 1. The van der Waals surface area contributed by atoms with E-state index in [4.69, 9.17) is 0 Å². The molecule has 1 heterocycles. The third-order valence-electron chi connectivity index (χ3n) is 2.80. The van der Waals surface area contributed by atoms with Crippen molar-refractivity contribution in [1.29, 1.82) is 0 Å². The van der Waals surface area contributed by atoms with Crippen molar-refractivity contribution in [1.82, 2.24) is 9.55 Å². The van der Waals surface area contributed by atoms with Crippen molar-refractivity contribution in [2.45, 2.75) is 26.4 Å². The maximum Gasteiger partial charge on any atom is 0.293 e. The van der Waals surface area contributed by atoms with Gasteiger partial charge in [0, 0.05) is 25.0 Å². The molecule has 2 aromatic rings. The highest BCUT2D eigenvalue weighted by Gasteiger charge is 2.06. The Labute approximate surface area is 110 Å². The average Bonchev–Trinajstić information content (AvgIpc) is 2.39. The Morgan fingerprint density at radius 2 is 2.00 bits per heavy atom. The van der Waals surface area contributed by atoms with Gasteiger partial charge in [0.05, 0.1) is 0 Å². The van der Waals surface area contributed by atoms with Crippen LogP contribution in [0.3, 0.4) is 0 Å². The van der Waals surface area contributed by atoms with Crippen molar-refractivity contribution >= 4 is 5.82 Å². The highest BCUT2D eigenvalue weighted by molar-refractivity contribution is 5.33. The van der Waals surface area contributed by atoms with Crippen molar-refractivity contribution < 1.29 is 4.39 Å². The normalized spacial score (nSPS) is 10.7. The molecule has 100 valence electrons. The molecule has 0 spiro atoms. The monoisotopic (exact) mass is 261 g/mol. The summed E-state index contributed by atoms with van der Waals surface area (Å²) in [6.45, 7) is 4.31. The predicted octanol–water partition coefficient (Wildman–Crippen LogP) is 2.58. The number of aromatic nitrogens is 2. The molecule has 0 saturated carbocycles. The lowest BCUT2D eigenvalue weighted by molar-refractivity contribution is 0.575. The molecule has 0 unspecified atom stereocenters. The molecule has 0 aliphatic rings. The second kappa shape index (κ2) is 5.65. The molecule has 5 heteroatoms. The molecule has 1 N–H and O–H groups in total. The quantitative estimate of drug-likeness (QED) is 0.920. The zero-order chi connectivity index (χ0) is 13.8. The van der Waals surface area contributed by atoms with Crippen LogP contribution in [0.5, 0.6) is 0 Å². The zero-order valence-corrected chi connectivity index (χ0v) is 10.9. The van der Waals surface area contributed by atoms with Gasteiger partial charge < -0.3 is 9.88 Å². The number of benzene rings is 1. The van der Waals surface area contributed by atoms with E-state index in [9.17, 15) is 9.18 Å². The molecule has 0 amide bonds. The fourth-order valence-corrected chi connectivity index (χ4v) is 1.74. The van der Waals surface area contributed by atoms with E-state index in [1.54, 1.807) is 29.1 Å². The van der Waals surface area contributed by atoms with Gasteiger partial charge in [-0.15, -0.1) is 0 Å². The molecule has 19 heavy (non-hydrogen) atoms. The van der Waals surface area contributed by atoms with Crippen LogP contribution in [0.2, 0.25) is 0 Å². The lowest BCUT2D eigenvalue weighted by atomic mass is 10.2. The van der Waals surface area contributed by atoms with E-state index in [1.165, 1.54) is 12.1 Å². The summed E-state index contributed by atoms with van der Waals surface area (Å²) in [4.78, 5) is 16.1. The summed E-state index contributed by atoms with van der Waals surface area (Å²) in [5.74, 6) is 0.0317. The van der Waals surface area contributed by atoms with E-state index in [0.29, 0.717) is 12.4 Å². The van der Waals surface area contributed by atoms with Gasteiger partial charge in [0.15, 0.2) is 5.82 Å². The maximum absolute atomic E-state index is 12.8. The van der Waals surface area contributed by atoms with Crippen molar-refractivity contribution in [3.8, 4) is 0 Å². The number of rotatable bonds is 4. The highest BCUT2D eigenvalue weighted by atomic mass is 19.1. The van der Waals surface area contributed by atoms with E-state index < -0.39 is 0 Å². The first kappa shape index (κ1) is 13.3. The molecule has 0 radical (unpaired) electrons. The first-order valence-electron chi connectivity index (χ1n) is 6.13. The number of halogens is 1. The predicted molar refractivity (Wildman–Crippen MR) is 72.6 cm³/mol. The number of anilines is 1. The van der Waals surface area contributed by atoms with E-state index in [1.807, 2.05) is 13.8 Å². The minimum absolute atomic E-state index is 0.0851. The van der Waals surface area contributed by atoms with E-state index >= 15 is 0 Å². The van der Waals surface area contributed by atoms with Crippen LogP contribution < -0.4 is 10.9 Å². The molecule has 0 fully saturated rings. The second-order valence-electron chi connectivity index (χ2n) is 4.56. The Morgan fingerprint density at radius 1 is 1.32 bits per heavy atom. The topological polar surface area (TPSA) is 46.9 Å². The molecule has 0 saturated heterocycles. The van der Waals surface area contributed by atoms with Crippen molar-refractivity contribution in [2.75, 3.05) is 5.32 Å². The third-order valence-corrected chi connectivity index (χ3v) is 2.80. The van der Waals surface area contributed by atoms with Gasteiger partial charge >= 0.3 is 0 Å². The molecule has 4 nitrogen and oxygen atoms in total. The van der Waals surface area contributed by atoms with Crippen molar-refractivity contribution in [3.05, 3.63) is 58.4 Å². The summed E-state index contributed by atoms with van der Waals surface area (Å²) < 4.78 is 14.4. The van der Waals surface area contributed by atoms with Crippen molar-refractivity contribution in [2.24, 2.45) is 0 Å². The van der Waals surface area contributed by atoms with Crippen LogP contribution in [-0.2, 0) is 6.54 Å². The van der Waals surface area contributed by atoms with Gasteiger partial charge in [-0.25, -0.2) is 9.37 Å². The smallest absolute Gasteiger partial charge is 0.293 e. The van der Waals surface area contributed by atoms with Gasteiger partial charge in [-0.2, -0.15) is 0 Å². The Balaban J connectivity index is 2.14. The fourth-order valence-electron chi connectivity index (χ4n) is 1.74. The number of nitrogens with zero attached hydrogens (tertiary/aromatic N) is 2. The standard InChI is InChI=1S/C14H16FN3O/c1-10(2)18-8-7-16-13(14(18)19)17-9-11-3-5-12(15)6-4-11/h3-8,10H,9H2,1-2H3,(H,16,17). The molecule has 0 atom stereocenters. The third kappa shape index (κ3) is 3.19. The molecular weight excluding hydrogens is 245 g/mol. The van der Waals surface area contributed by atoms with Crippen LogP contribution in [0.25, 0.3) is 0 Å². The Morgan fingerprint density at radius 3 is 2.63 bits per heavy atom. The summed E-state index contributed by atoms with van der Waals surface area (Å²) in [5.41, 5.74) is 0.738. The van der Waals surface area contributed by atoms with Crippen LogP contribution in [0.4, 0.5) is 10.2 Å². The Bertz CT molecular complexity index is 605. The minimum atomic E-state index is -0.274. The fraction of sp³-hybridized carbons (Fsp3) is 0.286. The minimum Gasteiger partial charge on any atom is -0.361 e. The summed E-state index contributed by atoms with van der Waals surface area (Å²) in [6, 6.07) is 6.21. The lowest BCUT2D eigenvalue weighted by Crippen LogP contribution is -2.25. The molecule has 1 aromatic heterocycles. The summed E-state index contributed by atoms with van der Waals surface area (Å²) in [6.07, 6.45) is 3.25. The van der Waals surface area contributed by atoms with Gasteiger partial charge in [0.25, 0.3) is 5.56 Å². The van der Waals surface area contributed by atoms with Crippen LogP contribution in [-0.4, -0.2) is 9.55 Å². The van der Waals surface area contributed by atoms with E-state index in [-0.39, 0.29) is 17.4 Å². The van der Waals surface area contributed by atoms with Crippen molar-refractivity contribution in [3.63, 3.8) is 0 Å². The van der Waals surface area contributed by atoms with Gasteiger partial charge in [0.1, 0.15) is 5.82 Å². The van der Waals surface area contributed by atoms with Gasteiger partial charge in [-0.3, -0.25) is 4.79 Å². The number of hydrogen-bond donors (Lipinski definition) is 1. The Kier molecular flexibility index (Phi) is 3.94. The molecule has 0 aliphatic carbocycles. The van der Waals surface area contributed by atoms with Crippen LogP contribution in [0.1, 0.15) is 25.5 Å². The summed E-state index contributed by atoms with van der Waals surface area (Å²) >= 11 is 0. The van der Waals surface area contributed by atoms with E-state index in [2.05, 4.69) is 10.3 Å². The zero-order valence-electron chi connectivity index (χ0n) is 10.9. The molecule has 0 aliphatic heterocycles. The SMILES string of the molecule is CC(C)n1ccnc(NCc2ccc(F)cc2)c1=O. The second-order valence-corrected chi connectivity index (χ2v) is 4.56. The van der Waals surface area contributed by atoms with Crippen LogP contribution in [0.15, 0.2) is 41.5 Å². The Hall–Kier alpha value is -2.17. The first-order valence-corrected chi connectivity index (χ1v) is 6.13. The van der Waals surface area contributed by atoms with Gasteiger partial charge in [-0.1, -0.05) is 12.1 Å². The molecule has 0 bridgehead atoms. The first-order chi connectivity index (χ1) is 9.08. The van der Waals surface area contributed by atoms with Crippen LogP contribution >= 0.6 is 0 Å².